The summed E-state index contributed by atoms with van der Waals surface area (Å²) in [4.78, 5) is 39.8. The SMILES string of the molecule is CCC(C)C(C(=O)Nc1nnc(C2CC2)s1)N1C(=O)c2ccccc2C1=O. The molecule has 7 nitrogen and oxygen atoms in total. The van der Waals surface area contributed by atoms with Crippen LogP contribution in [0.2, 0.25) is 0 Å². The lowest BCUT2D eigenvalue weighted by Crippen LogP contribution is -2.50. The summed E-state index contributed by atoms with van der Waals surface area (Å²) in [5.74, 6) is -0.992. The number of aromatic nitrogens is 2. The summed E-state index contributed by atoms with van der Waals surface area (Å²) >= 11 is 1.36. The van der Waals surface area contributed by atoms with Crippen LogP contribution < -0.4 is 5.32 Å². The van der Waals surface area contributed by atoms with Crippen LogP contribution in [-0.4, -0.2) is 38.9 Å². The molecular weight excluding hydrogens is 364 g/mol. The zero-order valence-electron chi connectivity index (χ0n) is 15.1. The minimum Gasteiger partial charge on any atom is -0.299 e. The average Bonchev–Trinajstić information content (AvgIpc) is 3.38. The van der Waals surface area contributed by atoms with Gasteiger partial charge in [0.1, 0.15) is 11.0 Å². The molecule has 2 aliphatic rings. The maximum absolute atomic E-state index is 13.0. The van der Waals surface area contributed by atoms with Gasteiger partial charge in [0.15, 0.2) is 0 Å². The third kappa shape index (κ3) is 3.14. The van der Waals surface area contributed by atoms with Crippen LogP contribution >= 0.6 is 11.3 Å². The molecule has 2 heterocycles. The van der Waals surface area contributed by atoms with Crippen molar-refractivity contribution in [3.8, 4) is 0 Å². The zero-order chi connectivity index (χ0) is 19.1. The molecule has 27 heavy (non-hydrogen) atoms. The lowest BCUT2D eigenvalue weighted by atomic mass is 9.96. The summed E-state index contributed by atoms with van der Waals surface area (Å²) in [5, 5.41) is 12.3. The normalized spacial score (nSPS) is 18.4. The standard InChI is InChI=1S/C19H20N4O3S/c1-3-10(2)14(15(24)20-19-22-21-16(27-19)11-8-9-11)23-17(25)12-6-4-5-7-13(12)18(23)26/h4-7,10-11,14H,3,8-9H2,1-2H3,(H,20,22,24). The van der Waals surface area contributed by atoms with E-state index in [1.807, 2.05) is 13.8 Å². The number of fused-ring (bicyclic) bond motifs is 1. The van der Waals surface area contributed by atoms with Crippen molar-refractivity contribution in [2.75, 3.05) is 5.32 Å². The van der Waals surface area contributed by atoms with Gasteiger partial charge in [-0.1, -0.05) is 43.7 Å². The molecule has 8 heteroatoms. The molecule has 1 aromatic heterocycles. The van der Waals surface area contributed by atoms with E-state index in [1.54, 1.807) is 24.3 Å². The van der Waals surface area contributed by atoms with Crippen molar-refractivity contribution < 1.29 is 14.4 Å². The second kappa shape index (κ2) is 6.84. The fourth-order valence-electron chi connectivity index (χ4n) is 3.27. The van der Waals surface area contributed by atoms with Crippen molar-refractivity contribution in [3.63, 3.8) is 0 Å². The number of imide groups is 1. The Balaban J connectivity index is 1.60. The topological polar surface area (TPSA) is 92.3 Å². The molecular formula is C19H20N4O3S. The van der Waals surface area contributed by atoms with Crippen molar-refractivity contribution in [2.45, 2.75) is 45.1 Å². The molecule has 4 rings (SSSR count). The molecule has 0 spiro atoms. The molecule has 0 radical (unpaired) electrons. The Morgan fingerprint density at radius 3 is 2.41 bits per heavy atom. The van der Waals surface area contributed by atoms with E-state index in [2.05, 4.69) is 15.5 Å². The highest BCUT2D eigenvalue weighted by Gasteiger charge is 2.44. The van der Waals surface area contributed by atoms with Crippen molar-refractivity contribution >= 4 is 34.2 Å². The van der Waals surface area contributed by atoms with Crippen molar-refractivity contribution in [2.24, 2.45) is 5.92 Å². The molecule has 1 N–H and O–H groups in total. The van der Waals surface area contributed by atoms with Crippen LogP contribution in [0.15, 0.2) is 24.3 Å². The maximum Gasteiger partial charge on any atom is 0.262 e. The summed E-state index contributed by atoms with van der Waals surface area (Å²) in [7, 11) is 0. The van der Waals surface area contributed by atoms with E-state index in [0.717, 1.165) is 22.7 Å². The van der Waals surface area contributed by atoms with E-state index >= 15 is 0 Å². The highest BCUT2D eigenvalue weighted by atomic mass is 32.1. The first-order chi connectivity index (χ1) is 13.0. The van der Waals surface area contributed by atoms with Gasteiger partial charge >= 0.3 is 0 Å². The maximum atomic E-state index is 13.0. The molecule has 1 aliphatic heterocycles. The van der Waals surface area contributed by atoms with Gasteiger partial charge in [-0.15, -0.1) is 10.2 Å². The number of amides is 3. The number of hydrogen-bond acceptors (Lipinski definition) is 6. The van der Waals surface area contributed by atoms with Gasteiger partial charge in [-0.3, -0.25) is 24.6 Å². The van der Waals surface area contributed by atoms with Gasteiger partial charge in [0, 0.05) is 5.92 Å². The van der Waals surface area contributed by atoms with Gasteiger partial charge in [0.25, 0.3) is 11.8 Å². The molecule has 2 unspecified atom stereocenters. The van der Waals surface area contributed by atoms with Crippen LogP contribution in [0.3, 0.4) is 0 Å². The average molecular weight is 384 g/mol. The van der Waals surface area contributed by atoms with E-state index < -0.39 is 23.8 Å². The summed E-state index contributed by atoms with van der Waals surface area (Å²) in [5.41, 5.74) is 0.686. The quantitative estimate of drug-likeness (QED) is 0.773. The van der Waals surface area contributed by atoms with Crippen molar-refractivity contribution in [1.29, 1.82) is 0 Å². The van der Waals surface area contributed by atoms with Gasteiger partial charge in [0.2, 0.25) is 11.0 Å². The monoisotopic (exact) mass is 384 g/mol. The van der Waals surface area contributed by atoms with Crippen LogP contribution in [0.25, 0.3) is 0 Å². The molecule has 2 aromatic rings. The van der Waals surface area contributed by atoms with Crippen LogP contribution in [0.1, 0.15) is 64.8 Å². The Hall–Kier alpha value is -2.61. The fraction of sp³-hybridized carbons (Fsp3) is 0.421. The smallest absolute Gasteiger partial charge is 0.262 e. The third-order valence-electron chi connectivity index (χ3n) is 5.15. The number of rotatable bonds is 6. The van der Waals surface area contributed by atoms with E-state index in [4.69, 9.17) is 0 Å². The van der Waals surface area contributed by atoms with E-state index in [-0.39, 0.29) is 5.92 Å². The minimum absolute atomic E-state index is 0.192. The Morgan fingerprint density at radius 1 is 1.22 bits per heavy atom. The number of benzene rings is 1. The van der Waals surface area contributed by atoms with Gasteiger partial charge in [-0.2, -0.15) is 0 Å². The molecule has 1 aromatic carbocycles. The summed E-state index contributed by atoms with van der Waals surface area (Å²) in [6.07, 6.45) is 2.86. The minimum atomic E-state index is -0.893. The summed E-state index contributed by atoms with van der Waals surface area (Å²) in [6.45, 7) is 3.79. The van der Waals surface area contributed by atoms with E-state index in [0.29, 0.717) is 28.6 Å². The first-order valence-electron chi connectivity index (χ1n) is 9.12. The molecule has 140 valence electrons. The first-order valence-corrected chi connectivity index (χ1v) is 9.94. The second-order valence-electron chi connectivity index (χ2n) is 7.07. The van der Waals surface area contributed by atoms with Gasteiger partial charge in [-0.25, -0.2) is 0 Å². The summed E-state index contributed by atoms with van der Waals surface area (Å²) in [6, 6.07) is 5.77. The predicted octanol–water partition coefficient (Wildman–Crippen LogP) is 3.06. The predicted molar refractivity (Wildman–Crippen MR) is 101 cm³/mol. The number of carbonyl (C=O) groups is 3. The van der Waals surface area contributed by atoms with E-state index in [9.17, 15) is 14.4 Å². The number of anilines is 1. The Labute approximate surface area is 160 Å². The number of nitrogens with zero attached hydrogens (tertiary/aromatic N) is 3. The largest absolute Gasteiger partial charge is 0.299 e. The Kier molecular flexibility index (Phi) is 4.51. The zero-order valence-corrected chi connectivity index (χ0v) is 16.0. The Bertz CT molecular complexity index is 886. The number of hydrogen-bond donors (Lipinski definition) is 1. The lowest BCUT2D eigenvalue weighted by molar-refractivity contribution is -0.121. The van der Waals surface area contributed by atoms with Crippen LogP contribution in [0.4, 0.5) is 5.13 Å². The highest BCUT2D eigenvalue weighted by molar-refractivity contribution is 7.15. The lowest BCUT2D eigenvalue weighted by Gasteiger charge is -2.29. The third-order valence-corrected chi connectivity index (χ3v) is 6.15. The molecule has 2 atom stereocenters. The van der Waals surface area contributed by atoms with Gasteiger partial charge < -0.3 is 0 Å². The van der Waals surface area contributed by atoms with E-state index in [1.165, 1.54) is 11.3 Å². The van der Waals surface area contributed by atoms with Crippen LogP contribution in [0.5, 0.6) is 0 Å². The molecule has 0 saturated heterocycles. The van der Waals surface area contributed by atoms with Gasteiger partial charge in [-0.05, 0) is 30.9 Å². The molecule has 1 fully saturated rings. The second-order valence-corrected chi connectivity index (χ2v) is 8.07. The molecule has 3 amide bonds. The van der Waals surface area contributed by atoms with Crippen LogP contribution in [-0.2, 0) is 4.79 Å². The summed E-state index contributed by atoms with van der Waals surface area (Å²) < 4.78 is 0. The first kappa shape index (κ1) is 17.8. The molecule has 0 bridgehead atoms. The van der Waals surface area contributed by atoms with Crippen molar-refractivity contribution in [1.82, 2.24) is 15.1 Å². The number of nitrogens with one attached hydrogen (secondary N) is 1. The fourth-order valence-corrected chi connectivity index (χ4v) is 4.19. The van der Waals surface area contributed by atoms with Crippen LogP contribution in [0, 0.1) is 5.92 Å². The highest BCUT2D eigenvalue weighted by Crippen LogP contribution is 2.42. The number of carbonyl (C=O) groups excluding carboxylic acids is 3. The van der Waals surface area contributed by atoms with Crippen molar-refractivity contribution in [3.05, 3.63) is 40.4 Å². The molecule has 1 aliphatic carbocycles. The van der Waals surface area contributed by atoms with Gasteiger partial charge in [0.05, 0.1) is 11.1 Å². The Morgan fingerprint density at radius 2 is 1.85 bits per heavy atom. The molecule has 1 saturated carbocycles.